The van der Waals surface area contributed by atoms with E-state index in [1.807, 2.05) is 23.6 Å². The molecule has 0 saturated carbocycles. The summed E-state index contributed by atoms with van der Waals surface area (Å²) in [6.07, 6.45) is 2.28. The van der Waals surface area contributed by atoms with Crippen LogP contribution in [0.4, 0.5) is 4.79 Å². The first-order chi connectivity index (χ1) is 6.66. The second-order valence-corrected chi connectivity index (χ2v) is 4.05. The van der Waals surface area contributed by atoms with E-state index < -0.39 is 0 Å². The van der Waals surface area contributed by atoms with Crippen molar-refractivity contribution in [3.63, 3.8) is 0 Å². The van der Waals surface area contributed by atoms with Gasteiger partial charge in [-0.05, 0) is 26.7 Å². The van der Waals surface area contributed by atoms with Crippen molar-refractivity contribution in [2.75, 3.05) is 26.2 Å². The molecule has 2 N–H and O–H groups in total. The summed E-state index contributed by atoms with van der Waals surface area (Å²) in [6.45, 7) is 7.08. The molecule has 1 aliphatic heterocycles. The number of nitrogens with zero attached hydrogens (tertiary/aromatic N) is 2. The SMILES string of the molecule is CC(C)N(CCN)C(=O)N1CCCC1. The Kier molecular flexibility index (Phi) is 4.20. The van der Waals surface area contributed by atoms with Crippen molar-refractivity contribution in [1.82, 2.24) is 9.80 Å². The van der Waals surface area contributed by atoms with Crippen LogP contribution in [-0.4, -0.2) is 48.1 Å². The van der Waals surface area contributed by atoms with Crippen molar-refractivity contribution in [3.8, 4) is 0 Å². The van der Waals surface area contributed by atoms with Crippen LogP contribution in [0.15, 0.2) is 0 Å². The Balaban J connectivity index is 2.53. The smallest absolute Gasteiger partial charge is 0.320 e. The van der Waals surface area contributed by atoms with Crippen LogP contribution in [0.3, 0.4) is 0 Å². The van der Waals surface area contributed by atoms with Gasteiger partial charge in [0.05, 0.1) is 0 Å². The summed E-state index contributed by atoms with van der Waals surface area (Å²) in [5.41, 5.74) is 5.49. The van der Waals surface area contributed by atoms with Crippen molar-refractivity contribution in [2.24, 2.45) is 5.73 Å². The summed E-state index contributed by atoms with van der Waals surface area (Å²) >= 11 is 0. The van der Waals surface area contributed by atoms with Crippen LogP contribution in [0.2, 0.25) is 0 Å². The van der Waals surface area contributed by atoms with E-state index >= 15 is 0 Å². The van der Waals surface area contributed by atoms with Gasteiger partial charge >= 0.3 is 6.03 Å². The van der Waals surface area contributed by atoms with Crippen LogP contribution in [0, 0.1) is 0 Å². The lowest BCUT2D eigenvalue weighted by molar-refractivity contribution is 0.150. The minimum absolute atomic E-state index is 0.156. The minimum atomic E-state index is 0.156. The molecule has 0 aromatic carbocycles. The van der Waals surface area contributed by atoms with Gasteiger partial charge < -0.3 is 15.5 Å². The third-order valence-electron chi connectivity index (χ3n) is 2.62. The number of rotatable bonds is 3. The molecule has 2 amide bonds. The Morgan fingerprint density at radius 1 is 1.43 bits per heavy atom. The molecule has 0 aromatic heterocycles. The largest absolute Gasteiger partial charge is 0.329 e. The van der Waals surface area contributed by atoms with Crippen molar-refractivity contribution in [1.29, 1.82) is 0 Å². The number of hydrogen-bond donors (Lipinski definition) is 1. The van der Waals surface area contributed by atoms with Crippen LogP contribution in [-0.2, 0) is 0 Å². The number of hydrogen-bond acceptors (Lipinski definition) is 2. The summed E-state index contributed by atoms with van der Waals surface area (Å²) in [6, 6.07) is 0.398. The van der Waals surface area contributed by atoms with Crippen LogP contribution >= 0.6 is 0 Å². The van der Waals surface area contributed by atoms with E-state index in [-0.39, 0.29) is 12.1 Å². The van der Waals surface area contributed by atoms with Crippen LogP contribution in [0.5, 0.6) is 0 Å². The maximum atomic E-state index is 12.0. The number of urea groups is 1. The van der Waals surface area contributed by atoms with E-state index in [1.165, 1.54) is 0 Å². The monoisotopic (exact) mass is 199 g/mol. The quantitative estimate of drug-likeness (QED) is 0.733. The van der Waals surface area contributed by atoms with Gasteiger partial charge in [0, 0.05) is 32.2 Å². The molecule has 14 heavy (non-hydrogen) atoms. The maximum Gasteiger partial charge on any atom is 0.320 e. The molecule has 0 spiro atoms. The van der Waals surface area contributed by atoms with E-state index in [9.17, 15) is 4.79 Å². The zero-order chi connectivity index (χ0) is 10.6. The summed E-state index contributed by atoms with van der Waals surface area (Å²) < 4.78 is 0. The third-order valence-corrected chi connectivity index (χ3v) is 2.62. The average molecular weight is 199 g/mol. The molecule has 0 atom stereocenters. The maximum absolute atomic E-state index is 12.0. The van der Waals surface area contributed by atoms with Gasteiger partial charge in [0.1, 0.15) is 0 Å². The molecule has 4 nitrogen and oxygen atoms in total. The van der Waals surface area contributed by atoms with Crippen molar-refractivity contribution < 1.29 is 4.79 Å². The molecule has 82 valence electrons. The van der Waals surface area contributed by atoms with Gasteiger partial charge in [-0.15, -0.1) is 0 Å². The fourth-order valence-electron chi connectivity index (χ4n) is 1.80. The first-order valence-corrected chi connectivity index (χ1v) is 5.42. The summed E-state index contributed by atoms with van der Waals surface area (Å²) in [5, 5.41) is 0. The molecule has 0 aromatic rings. The van der Waals surface area contributed by atoms with Gasteiger partial charge in [-0.25, -0.2) is 4.79 Å². The standard InChI is InChI=1S/C10H21N3O/c1-9(2)13(8-5-11)10(14)12-6-3-4-7-12/h9H,3-8,11H2,1-2H3. The van der Waals surface area contributed by atoms with Gasteiger partial charge in [0.2, 0.25) is 0 Å². The van der Waals surface area contributed by atoms with Crippen LogP contribution < -0.4 is 5.73 Å². The average Bonchev–Trinajstić information content (AvgIpc) is 2.65. The number of carbonyl (C=O) groups is 1. The molecule has 1 heterocycles. The fourth-order valence-corrected chi connectivity index (χ4v) is 1.80. The molecular formula is C10H21N3O. The number of carbonyl (C=O) groups excluding carboxylic acids is 1. The third kappa shape index (κ3) is 2.61. The zero-order valence-electron chi connectivity index (χ0n) is 9.20. The Hall–Kier alpha value is -0.770. The highest BCUT2D eigenvalue weighted by molar-refractivity contribution is 5.75. The highest BCUT2D eigenvalue weighted by Gasteiger charge is 2.24. The molecule has 1 fully saturated rings. The second kappa shape index (κ2) is 5.20. The Bertz CT molecular complexity index is 188. The predicted molar refractivity (Wildman–Crippen MR) is 57.1 cm³/mol. The molecule has 0 unspecified atom stereocenters. The normalized spacial score (nSPS) is 16.4. The second-order valence-electron chi connectivity index (χ2n) is 4.05. The number of likely N-dealkylation sites (tertiary alicyclic amines) is 1. The molecule has 0 aliphatic carbocycles. The molecule has 0 bridgehead atoms. The highest BCUT2D eigenvalue weighted by atomic mass is 16.2. The van der Waals surface area contributed by atoms with Crippen molar-refractivity contribution in [2.45, 2.75) is 32.7 Å². The first-order valence-electron chi connectivity index (χ1n) is 5.42. The summed E-state index contributed by atoms with van der Waals surface area (Å²) in [5.74, 6) is 0. The first kappa shape index (κ1) is 11.3. The Labute approximate surface area is 86.0 Å². The fraction of sp³-hybridized carbons (Fsp3) is 0.900. The van der Waals surface area contributed by atoms with Gasteiger partial charge in [0.15, 0.2) is 0 Å². The van der Waals surface area contributed by atoms with Crippen LogP contribution in [0.25, 0.3) is 0 Å². The molecule has 1 aliphatic rings. The van der Waals surface area contributed by atoms with E-state index in [4.69, 9.17) is 5.73 Å². The predicted octanol–water partition coefficient (Wildman–Crippen LogP) is 0.871. The van der Waals surface area contributed by atoms with Gasteiger partial charge in [-0.2, -0.15) is 0 Å². The molecular weight excluding hydrogens is 178 g/mol. The van der Waals surface area contributed by atoms with Crippen molar-refractivity contribution in [3.05, 3.63) is 0 Å². The minimum Gasteiger partial charge on any atom is -0.329 e. The highest BCUT2D eigenvalue weighted by Crippen LogP contribution is 2.12. The van der Waals surface area contributed by atoms with E-state index in [0.29, 0.717) is 13.1 Å². The number of nitrogens with two attached hydrogens (primary N) is 1. The number of amides is 2. The van der Waals surface area contributed by atoms with Gasteiger partial charge in [0.25, 0.3) is 0 Å². The lowest BCUT2D eigenvalue weighted by Crippen LogP contribution is -2.47. The lowest BCUT2D eigenvalue weighted by Gasteiger charge is -2.30. The van der Waals surface area contributed by atoms with Crippen molar-refractivity contribution >= 4 is 6.03 Å². The molecule has 4 heteroatoms. The van der Waals surface area contributed by atoms with E-state index in [0.717, 1.165) is 25.9 Å². The Morgan fingerprint density at radius 3 is 2.43 bits per heavy atom. The summed E-state index contributed by atoms with van der Waals surface area (Å²) in [4.78, 5) is 15.8. The van der Waals surface area contributed by atoms with E-state index in [2.05, 4.69) is 0 Å². The van der Waals surface area contributed by atoms with Crippen LogP contribution in [0.1, 0.15) is 26.7 Å². The molecule has 1 rings (SSSR count). The summed E-state index contributed by atoms with van der Waals surface area (Å²) in [7, 11) is 0. The zero-order valence-corrected chi connectivity index (χ0v) is 9.20. The van der Waals surface area contributed by atoms with E-state index in [1.54, 1.807) is 0 Å². The molecule has 0 radical (unpaired) electrons. The molecule has 1 saturated heterocycles. The topological polar surface area (TPSA) is 49.6 Å². The lowest BCUT2D eigenvalue weighted by atomic mass is 10.3. The Morgan fingerprint density at radius 2 is 2.00 bits per heavy atom. The van der Waals surface area contributed by atoms with Gasteiger partial charge in [-0.3, -0.25) is 0 Å². The van der Waals surface area contributed by atoms with Gasteiger partial charge in [-0.1, -0.05) is 0 Å².